The van der Waals surface area contributed by atoms with Gasteiger partial charge in [-0.15, -0.1) is 0 Å². The molecule has 24 heavy (non-hydrogen) atoms. The Balaban J connectivity index is 1.90. The third-order valence-corrected chi connectivity index (χ3v) is 4.29. The second-order valence-corrected chi connectivity index (χ2v) is 7.25. The molecular weight excluding hydrogens is 306 g/mol. The van der Waals surface area contributed by atoms with Crippen molar-refractivity contribution in [2.24, 2.45) is 0 Å². The fraction of sp³-hybridized carbons (Fsp3) is 0.556. The third kappa shape index (κ3) is 3.11. The number of amides is 1. The highest BCUT2D eigenvalue weighted by atomic mass is 16.6. The van der Waals surface area contributed by atoms with Crippen molar-refractivity contribution in [2.45, 2.75) is 52.0 Å². The quantitative estimate of drug-likeness (QED) is 0.847. The molecule has 0 aliphatic carbocycles. The number of hydrogen-bond donors (Lipinski definition) is 0. The minimum Gasteiger partial charge on any atom is -0.444 e. The zero-order valence-corrected chi connectivity index (χ0v) is 14.9. The Morgan fingerprint density at radius 3 is 2.83 bits per heavy atom. The fourth-order valence-electron chi connectivity index (χ4n) is 2.99. The van der Waals surface area contributed by atoms with Crippen LogP contribution < -0.4 is 0 Å². The smallest absolute Gasteiger partial charge is 0.410 e. The number of carbonyl (C=O) groups excluding carboxylic acids is 1. The molecule has 6 nitrogen and oxygen atoms in total. The van der Waals surface area contributed by atoms with E-state index in [-0.39, 0.29) is 18.2 Å². The minimum atomic E-state index is -0.521. The van der Waals surface area contributed by atoms with Crippen LogP contribution in [-0.4, -0.2) is 46.1 Å². The van der Waals surface area contributed by atoms with Gasteiger partial charge in [0.1, 0.15) is 11.7 Å². The van der Waals surface area contributed by atoms with E-state index in [4.69, 9.17) is 9.47 Å². The van der Waals surface area contributed by atoms with Crippen LogP contribution in [0.1, 0.15) is 39.5 Å². The number of nitrogens with zero attached hydrogens (tertiary/aromatic N) is 3. The van der Waals surface area contributed by atoms with E-state index in [0.717, 1.165) is 23.1 Å². The summed E-state index contributed by atoms with van der Waals surface area (Å²) in [5.74, 6) is 0. The van der Waals surface area contributed by atoms with E-state index in [1.807, 2.05) is 50.6 Å². The normalized spacial score (nSPS) is 19.0. The number of hydrogen-bond acceptors (Lipinski definition) is 4. The van der Waals surface area contributed by atoms with Gasteiger partial charge in [0.05, 0.1) is 30.4 Å². The van der Waals surface area contributed by atoms with E-state index in [0.29, 0.717) is 6.61 Å². The fourth-order valence-corrected chi connectivity index (χ4v) is 2.99. The van der Waals surface area contributed by atoms with Gasteiger partial charge in [0.25, 0.3) is 0 Å². The van der Waals surface area contributed by atoms with E-state index in [9.17, 15) is 4.79 Å². The topological polar surface area (TPSA) is 56.6 Å². The Hall–Kier alpha value is -2.08. The van der Waals surface area contributed by atoms with Crippen LogP contribution in [0.25, 0.3) is 10.9 Å². The number of likely N-dealkylation sites (N-methyl/N-ethyl adjacent to an activating group) is 1. The summed E-state index contributed by atoms with van der Waals surface area (Å²) in [7, 11) is 1.75. The van der Waals surface area contributed by atoms with Gasteiger partial charge in [0, 0.05) is 12.4 Å². The molecule has 6 heteroatoms. The molecule has 0 unspecified atom stereocenters. The van der Waals surface area contributed by atoms with Gasteiger partial charge in [-0.05, 0) is 33.8 Å². The summed E-state index contributed by atoms with van der Waals surface area (Å²) >= 11 is 0. The third-order valence-electron chi connectivity index (χ3n) is 4.29. The molecule has 0 N–H and O–H groups in total. The Labute approximate surface area is 142 Å². The first-order valence-corrected chi connectivity index (χ1v) is 8.31. The number of aromatic nitrogens is 2. The van der Waals surface area contributed by atoms with Gasteiger partial charge in [0.15, 0.2) is 0 Å². The van der Waals surface area contributed by atoms with Crippen molar-refractivity contribution >= 4 is 17.0 Å². The van der Waals surface area contributed by atoms with Crippen molar-refractivity contribution in [3.8, 4) is 0 Å². The summed E-state index contributed by atoms with van der Waals surface area (Å²) in [5.41, 5.74) is 1.46. The molecule has 1 aromatic heterocycles. The lowest BCUT2D eigenvalue weighted by Gasteiger charge is -2.35. The molecule has 0 radical (unpaired) electrons. The van der Waals surface area contributed by atoms with Crippen molar-refractivity contribution in [2.75, 3.05) is 13.7 Å². The number of fused-ring (bicyclic) bond motifs is 3. The summed E-state index contributed by atoms with van der Waals surface area (Å²) in [6.07, 6.45) is -0.580. The lowest BCUT2D eigenvalue weighted by molar-refractivity contribution is -0.0389. The molecule has 0 bridgehead atoms. The van der Waals surface area contributed by atoms with E-state index in [1.54, 1.807) is 11.9 Å². The average molecular weight is 331 g/mol. The standard InChI is InChI=1S/C18H25N3O3/c1-12(20(5)17(22)24-18(2,3)4)16-15-13-8-6-7-9-14(13)19-21(15)10-11-23-16/h6-9,12,16H,10-11H2,1-5H3/t12-,16-/m1/s1. The summed E-state index contributed by atoms with van der Waals surface area (Å²) in [4.78, 5) is 14.0. The highest BCUT2D eigenvalue weighted by molar-refractivity contribution is 5.82. The van der Waals surface area contributed by atoms with Gasteiger partial charge in [-0.2, -0.15) is 5.10 Å². The first kappa shape index (κ1) is 16.8. The Morgan fingerprint density at radius 2 is 2.12 bits per heavy atom. The molecule has 1 aliphatic rings. The van der Waals surface area contributed by atoms with Gasteiger partial charge in [-0.25, -0.2) is 4.79 Å². The molecule has 1 aromatic carbocycles. The Morgan fingerprint density at radius 1 is 1.42 bits per heavy atom. The number of carbonyl (C=O) groups is 1. The molecule has 0 spiro atoms. The van der Waals surface area contributed by atoms with Crippen LogP contribution in [0.5, 0.6) is 0 Å². The van der Waals surface area contributed by atoms with Crippen molar-refractivity contribution in [3.05, 3.63) is 30.0 Å². The highest BCUT2D eigenvalue weighted by Crippen LogP contribution is 2.33. The first-order valence-electron chi connectivity index (χ1n) is 8.31. The zero-order chi connectivity index (χ0) is 17.5. The summed E-state index contributed by atoms with van der Waals surface area (Å²) < 4.78 is 13.5. The molecule has 0 fully saturated rings. The van der Waals surface area contributed by atoms with Gasteiger partial charge < -0.3 is 14.4 Å². The molecule has 2 heterocycles. The molecular formula is C18H25N3O3. The first-order chi connectivity index (χ1) is 11.3. The van der Waals surface area contributed by atoms with Crippen LogP contribution in [0, 0.1) is 0 Å². The van der Waals surface area contributed by atoms with Crippen LogP contribution in [0.2, 0.25) is 0 Å². The predicted molar refractivity (Wildman–Crippen MR) is 91.9 cm³/mol. The molecule has 2 atom stereocenters. The molecule has 0 saturated carbocycles. The zero-order valence-electron chi connectivity index (χ0n) is 14.9. The van der Waals surface area contributed by atoms with Crippen LogP contribution >= 0.6 is 0 Å². The largest absolute Gasteiger partial charge is 0.444 e. The van der Waals surface area contributed by atoms with Crippen molar-refractivity contribution in [1.82, 2.24) is 14.7 Å². The second-order valence-electron chi connectivity index (χ2n) is 7.25. The second kappa shape index (κ2) is 6.09. The van der Waals surface area contributed by atoms with Gasteiger partial charge in [-0.3, -0.25) is 4.68 Å². The van der Waals surface area contributed by atoms with E-state index in [1.165, 1.54) is 0 Å². The molecule has 0 saturated heterocycles. The van der Waals surface area contributed by atoms with Crippen LogP contribution in [-0.2, 0) is 16.0 Å². The van der Waals surface area contributed by atoms with Crippen molar-refractivity contribution in [3.63, 3.8) is 0 Å². The van der Waals surface area contributed by atoms with Crippen LogP contribution in [0.4, 0.5) is 4.79 Å². The SMILES string of the molecule is C[C@H]([C@H]1OCCn2nc3ccccc3c21)N(C)C(=O)OC(C)(C)C. The van der Waals surface area contributed by atoms with Crippen molar-refractivity contribution < 1.29 is 14.3 Å². The summed E-state index contributed by atoms with van der Waals surface area (Å²) in [6.45, 7) is 8.88. The van der Waals surface area contributed by atoms with Gasteiger partial charge in [-0.1, -0.05) is 18.2 Å². The molecule has 130 valence electrons. The number of ether oxygens (including phenoxy) is 2. The maximum atomic E-state index is 12.4. The van der Waals surface area contributed by atoms with Crippen LogP contribution in [0.15, 0.2) is 24.3 Å². The number of benzene rings is 1. The molecule has 1 aliphatic heterocycles. The van der Waals surface area contributed by atoms with Gasteiger partial charge in [0.2, 0.25) is 0 Å². The average Bonchev–Trinajstić information content (AvgIpc) is 2.90. The Bertz CT molecular complexity index is 748. The molecule has 1 amide bonds. The Kier molecular flexibility index (Phi) is 4.25. The van der Waals surface area contributed by atoms with Gasteiger partial charge >= 0.3 is 6.09 Å². The monoisotopic (exact) mass is 331 g/mol. The highest BCUT2D eigenvalue weighted by Gasteiger charge is 2.34. The molecule has 2 aromatic rings. The predicted octanol–water partition coefficient (Wildman–Crippen LogP) is 3.36. The summed E-state index contributed by atoms with van der Waals surface area (Å²) in [6, 6.07) is 7.86. The van der Waals surface area contributed by atoms with Crippen molar-refractivity contribution in [1.29, 1.82) is 0 Å². The number of rotatable bonds is 2. The van der Waals surface area contributed by atoms with E-state index in [2.05, 4.69) is 11.2 Å². The maximum Gasteiger partial charge on any atom is 0.410 e. The molecule has 3 rings (SSSR count). The minimum absolute atomic E-state index is 0.168. The lowest BCUT2D eigenvalue weighted by atomic mass is 10.0. The van der Waals surface area contributed by atoms with E-state index < -0.39 is 5.60 Å². The maximum absolute atomic E-state index is 12.4. The van der Waals surface area contributed by atoms with E-state index >= 15 is 0 Å². The lowest BCUT2D eigenvalue weighted by Crippen LogP contribution is -2.44. The summed E-state index contributed by atoms with van der Waals surface area (Å²) in [5, 5.41) is 5.73. The van der Waals surface area contributed by atoms with Crippen LogP contribution in [0.3, 0.4) is 0 Å².